The molecule has 0 spiro atoms. The molecule has 0 radical (unpaired) electrons. The maximum Gasteiger partial charge on any atom is 0.295 e. The number of rotatable bonds is 7. The lowest BCUT2D eigenvalue weighted by molar-refractivity contribution is -0.140. The van der Waals surface area contributed by atoms with Gasteiger partial charge in [-0.1, -0.05) is 0 Å². The molecule has 1 amide bonds. The minimum absolute atomic E-state index is 0.0569. The molecular formula is C27H24N2O8. The molecular weight excluding hydrogens is 480 g/mol. The van der Waals surface area contributed by atoms with Gasteiger partial charge in [-0.3, -0.25) is 14.6 Å². The smallest absolute Gasteiger partial charge is 0.295 e. The van der Waals surface area contributed by atoms with E-state index < -0.39 is 17.7 Å². The molecule has 0 aliphatic carbocycles. The molecule has 1 N–H and O–H groups in total. The number of ether oxygens (including phenoxy) is 5. The number of amides is 1. The zero-order valence-electron chi connectivity index (χ0n) is 20.4. The van der Waals surface area contributed by atoms with Gasteiger partial charge in [0.1, 0.15) is 5.76 Å². The molecule has 1 atom stereocenters. The van der Waals surface area contributed by atoms with Crippen LogP contribution in [0.4, 0.5) is 0 Å². The van der Waals surface area contributed by atoms with Gasteiger partial charge in [-0.15, -0.1) is 0 Å². The first-order valence-corrected chi connectivity index (χ1v) is 11.3. The van der Waals surface area contributed by atoms with Gasteiger partial charge in [-0.25, -0.2) is 0 Å². The van der Waals surface area contributed by atoms with Crippen molar-refractivity contribution in [3.8, 4) is 28.7 Å². The minimum atomic E-state index is -0.952. The molecule has 10 nitrogen and oxygen atoms in total. The highest BCUT2D eigenvalue weighted by Gasteiger charge is 2.46. The fraction of sp³-hybridized carbons (Fsp3) is 0.222. The number of carbonyl (C=O) groups excluding carboxylic acids is 2. The minimum Gasteiger partial charge on any atom is -0.507 e. The number of aliphatic hydroxyl groups is 1. The van der Waals surface area contributed by atoms with Crippen molar-refractivity contribution >= 4 is 17.4 Å². The molecule has 1 saturated heterocycles. The predicted molar refractivity (Wildman–Crippen MR) is 131 cm³/mol. The quantitative estimate of drug-likeness (QED) is 0.293. The zero-order valence-corrected chi connectivity index (χ0v) is 20.4. The Balaban J connectivity index is 1.70. The second kappa shape index (κ2) is 9.73. The third-order valence-corrected chi connectivity index (χ3v) is 6.29. The lowest BCUT2D eigenvalue weighted by atomic mass is 9.94. The van der Waals surface area contributed by atoms with Gasteiger partial charge in [-0.05, 0) is 53.6 Å². The molecule has 37 heavy (non-hydrogen) atoms. The van der Waals surface area contributed by atoms with E-state index in [1.54, 1.807) is 54.9 Å². The second-order valence-corrected chi connectivity index (χ2v) is 8.31. The summed E-state index contributed by atoms with van der Waals surface area (Å²) >= 11 is 0. The van der Waals surface area contributed by atoms with E-state index in [1.807, 2.05) is 0 Å². The maximum atomic E-state index is 13.4. The summed E-state index contributed by atoms with van der Waals surface area (Å²) in [7, 11) is 4.43. The summed E-state index contributed by atoms with van der Waals surface area (Å²) in [6.45, 7) is 0.160. The van der Waals surface area contributed by atoms with Crippen LogP contribution in [0, 0.1) is 0 Å². The van der Waals surface area contributed by atoms with E-state index in [4.69, 9.17) is 23.7 Å². The van der Waals surface area contributed by atoms with Gasteiger partial charge in [-0.2, -0.15) is 0 Å². The van der Waals surface area contributed by atoms with Crippen molar-refractivity contribution in [2.45, 2.75) is 12.6 Å². The van der Waals surface area contributed by atoms with Crippen LogP contribution in [-0.2, 0) is 16.1 Å². The van der Waals surface area contributed by atoms with Crippen LogP contribution in [0.3, 0.4) is 0 Å². The molecule has 2 aliphatic rings. The second-order valence-electron chi connectivity index (χ2n) is 8.31. The van der Waals surface area contributed by atoms with Crippen molar-refractivity contribution in [3.63, 3.8) is 0 Å². The highest BCUT2D eigenvalue weighted by molar-refractivity contribution is 6.46. The molecule has 1 fully saturated rings. The molecule has 10 heteroatoms. The molecule has 0 bridgehead atoms. The van der Waals surface area contributed by atoms with Gasteiger partial charge in [0.15, 0.2) is 23.0 Å². The van der Waals surface area contributed by atoms with Crippen molar-refractivity contribution in [2.24, 2.45) is 0 Å². The number of ketones is 1. The first-order chi connectivity index (χ1) is 18.0. The number of aliphatic hydroxyl groups excluding tert-OH is 1. The average Bonchev–Trinajstić information content (AvgIpc) is 3.50. The number of benzene rings is 2. The topological polar surface area (TPSA) is 117 Å². The summed E-state index contributed by atoms with van der Waals surface area (Å²) < 4.78 is 27.2. The third-order valence-electron chi connectivity index (χ3n) is 6.29. The summed E-state index contributed by atoms with van der Waals surface area (Å²) in [5.41, 5.74) is 1.48. The van der Waals surface area contributed by atoms with Crippen LogP contribution < -0.4 is 23.7 Å². The molecule has 5 rings (SSSR count). The van der Waals surface area contributed by atoms with Crippen LogP contribution in [0.5, 0.6) is 28.7 Å². The third kappa shape index (κ3) is 4.16. The fourth-order valence-electron chi connectivity index (χ4n) is 4.53. The molecule has 3 aromatic rings. The number of hydrogen-bond donors (Lipinski definition) is 1. The fourth-order valence-corrected chi connectivity index (χ4v) is 4.53. The van der Waals surface area contributed by atoms with Gasteiger partial charge in [0.25, 0.3) is 11.7 Å². The number of nitrogens with zero attached hydrogens (tertiary/aromatic N) is 2. The Hall–Kier alpha value is -4.73. The van der Waals surface area contributed by atoms with E-state index in [9.17, 15) is 14.7 Å². The zero-order chi connectivity index (χ0) is 26.1. The Morgan fingerprint density at radius 1 is 0.973 bits per heavy atom. The summed E-state index contributed by atoms with van der Waals surface area (Å²) in [4.78, 5) is 32.2. The van der Waals surface area contributed by atoms with Gasteiger partial charge >= 0.3 is 0 Å². The number of likely N-dealkylation sites (tertiary alicyclic amines) is 1. The molecule has 2 aromatic carbocycles. The maximum absolute atomic E-state index is 13.4. The van der Waals surface area contributed by atoms with Gasteiger partial charge in [0.05, 0.1) is 32.9 Å². The average molecular weight is 504 g/mol. The standard InChI is InChI=1S/C27H24N2O8/c1-33-20-11-17(12-21(34-2)26(20)35-3)23-22(24(30)16-4-5-18-19(10-16)37-14-36-18)25(31)27(32)29(23)13-15-6-8-28-9-7-15/h4-12,23,30H,13-14H2,1-3H3/t23-/m1/s1. The molecule has 0 saturated carbocycles. The number of hydrogen-bond acceptors (Lipinski definition) is 9. The van der Waals surface area contributed by atoms with Crippen molar-refractivity contribution in [2.75, 3.05) is 28.1 Å². The van der Waals surface area contributed by atoms with Crippen LogP contribution in [0.25, 0.3) is 5.76 Å². The Morgan fingerprint density at radius 3 is 2.30 bits per heavy atom. The van der Waals surface area contributed by atoms with Crippen LogP contribution in [0.15, 0.2) is 60.4 Å². The highest BCUT2D eigenvalue weighted by atomic mass is 16.7. The summed E-state index contributed by atoms with van der Waals surface area (Å²) in [6, 6.07) is 10.7. The molecule has 3 heterocycles. The lowest BCUT2D eigenvalue weighted by Crippen LogP contribution is -2.29. The first kappa shape index (κ1) is 24.0. The SMILES string of the molecule is COc1cc([C@@H]2C(=C(O)c3ccc4c(c3)OCO4)C(=O)C(=O)N2Cc2ccncc2)cc(OC)c1OC. The number of fused-ring (bicyclic) bond motifs is 1. The molecule has 190 valence electrons. The lowest BCUT2D eigenvalue weighted by Gasteiger charge is -2.26. The Bertz CT molecular complexity index is 1380. The van der Waals surface area contributed by atoms with Crippen molar-refractivity contribution in [1.29, 1.82) is 0 Å². The van der Waals surface area contributed by atoms with E-state index >= 15 is 0 Å². The number of methoxy groups -OCH3 is 3. The predicted octanol–water partition coefficient (Wildman–Crippen LogP) is 3.46. The van der Waals surface area contributed by atoms with E-state index in [0.29, 0.717) is 39.9 Å². The van der Waals surface area contributed by atoms with E-state index in [2.05, 4.69) is 4.98 Å². The number of carbonyl (C=O) groups is 2. The van der Waals surface area contributed by atoms with Gasteiger partial charge in [0, 0.05) is 24.5 Å². The van der Waals surface area contributed by atoms with Crippen LogP contribution >= 0.6 is 0 Å². The van der Waals surface area contributed by atoms with Crippen LogP contribution in [0.1, 0.15) is 22.7 Å². The van der Waals surface area contributed by atoms with Crippen molar-refractivity contribution < 1.29 is 38.4 Å². The molecule has 0 unspecified atom stereocenters. The van der Waals surface area contributed by atoms with E-state index in [0.717, 1.165) is 5.56 Å². The highest BCUT2D eigenvalue weighted by Crippen LogP contribution is 2.46. The number of pyridine rings is 1. The Kier molecular flexibility index (Phi) is 6.31. The van der Waals surface area contributed by atoms with Gasteiger partial charge in [0.2, 0.25) is 12.5 Å². The largest absolute Gasteiger partial charge is 0.507 e. The first-order valence-electron chi connectivity index (χ1n) is 11.3. The molecule has 2 aliphatic heterocycles. The normalized spacial score (nSPS) is 17.7. The van der Waals surface area contributed by atoms with Crippen LogP contribution in [0.2, 0.25) is 0 Å². The Morgan fingerprint density at radius 2 is 1.65 bits per heavy atom. The van der Waals surface area contributed by atoms with Crippen molar-refractivity contribution in [3.05, 3.63) is 77.1 Å². The Labute approximate surface area is 212 Å². The number of aromatic nitrogens is 1. The summed E-state index contributed by atoms with van der Waals surface area (Å²) in [5, 5.41) is 11.4. The van der Waals surface area contributed by atoms with E-state index in [-0.39, 0.29) is 24.7 Å². The van der Waals surface area contributed by atoms with Crippen LogP contribution in [-0.4, -0.2) is 54.8 Å². The molecule has 1 aromatic heterocycles. The number of Topliss-reactive ketones (excluding diaryl/α,β-unsaturated/α-hetero) is 1. The van der Waals surface area contributed by atoms with Gasteiger partial charge < -0.3 is 33.7 Å². The monoisotopic (exact) mass is 504 g/mol. The van der Waals surface area contributed by atoms with Crippen molar-refractivity contribution in [1.82, 2.24) is 9.88 Å². The van der Waals surface area contributed by atoms with E-state index in [1.165, 1.54) is 26.2 Å². The summed E-state index contributed by atoms with van der Waals surface area (Å²) in [6.07, 6.45) is 3.21. The summed E-state index contributed by atoms with van der Waals surface area (Å²) in [5.74, 6) is 0.0863.